The van der Waals surface area contributed by atoms with Crippen LogP contribution in [-0.4, -0.2) is 10.0 Å². The molecule has 2 nitrogen and oxygen atoms in total. The van der Waals surface area contributed by atoms with Crippen LogP contribution in [0.2, 0.25) is 0 Å². The van der Waals surface area contributed by atoms with E-state index in [4.69, 9.17) is 18.0 Å². The monoisotopic (exact) mass is 234 g/mol. The largest absolute Gasteiger partial charge is 0.376 e. The maximum atomic E-state index is 5.92. The summed E-state index contributed by atoms with van der Waals surface area (Å²) in [5, 5.41) is 0.456. The first-order valence-corrected chi connectivity index (χ1v) is 5.89. The number of hydrogen-bond acceptors (Lipinski definition) is 1. The number of benzene rings is 1. The zero-order chi connectivity index (χ0) is 12.1. The summed E-state index contributed by atoms with van der Waals surface area (Å²) in [5.74, 6) is 0. The molecule has 1 aromatic carbocycles. The van der Waals surface area contributed by atoms with E-state index in [0.29, 0.717) is 5.11 Å². The highest BCUT2D eigenvalue weighted by Crippen LogP contribution is 2.42. The van der Waals surface area contributed by atoms with Gasteiger partial charge >= 0.3 is 0 Å². The van der Waals surface area contributed by atoms with Gasteiger partial charge in [-0.2, -0.15) is 0 Å². The Hall–Kier alpha value is -1.09. The Bertz CT molecular complexity index is 397. The van der Waals surface area contributed by atoms with E-state index < -0.39 is 0 Å². The summed E-state index contributed by atoms with van der Waals surface area (Å²) in [5.41, 5.74) is 8.07. The van der Waals surface area contributed by atoms with Gasteiger partial charge in [0.05, 0.1) is 11.1 Å². The lowest BCUT2D eigenvalue weighted by Crippen LogP contribution is -2.55. The average molecular weight is 234 g/mol. The van der Waals surface area contributed by atoms with Crippen LogP contribution in [0, 0.1) is 0 Å². The SMILES string of the molecule is CC1(C)c2ccc(cc2)C(C)(C)N1C(N)=S. The molecular formula is C13H18N2S. The van der Waals surface area contributed by atoms with Gasteiger partial charge in [-0.3, -0.25) is 0 Å². The Balaban J connectivity index is 2.71. The fraction of sp³-hybridized carbons (Fsp3) is 0.462. The van der Waals surface area contributed by atoms with Gasteiger partial charge in [0.15, 0.2) is 5.11 Å². The molecule has 0 radical (unpaired) electrons. The van der Waals surface area contributed by atoms with E-state index in [1.807, 2.05) is 0 Å². The van der Waals surface area contributed by atoms with Crippen LogP contribution in [0.5, 0.6) is 0 Å². The van der Waals surface area contributed by atoms with E-state index in [2.05, 4.69) is 56.9 Å². The summed E-state index contributed by atoms with van der Waals surface area (Å²) >= 11 is 5.23. The molecule has 0 aromatic heterocycles. The summed E-state index contributed by atoms with van der Waals surface area (Å²) in [6, 6.07) is 8.65. The normalized spacial score (nSPS) is 20.6. The summed E-state index contributed by atoms with van der Waals surface area (Å²) in [6.07, 6.45) is 0. The zero-order valence-electron chi connectivity index (χ0n) is 10.2. The summed E-state index contributed by atoms with van der Waals surface area (Å²) in [6.45, 7) is 8.64. The van der Waals surface area contributed by atoms with Gasteiger partial charge in [-0.05, 0) is 51.0 Å². The predicted octanol–water partition coefficient (Wildman–Crippen LogP) is 2.72. The van der Waals surface area contributed by atoms with Crippen LogP contribution >= 0.6 is 12.2 Å². The second-order valence-corrected chi connectivity index (χ2v) is 5.79. The predicted molar refractivity (Wildman–Crippen MR) is 71.1 cm³/mol. The van der Waals surface area contributed by atoms with Gasteiger partial charge in [-0.1, -0.05) is 24.3 Å². The molecule has 2 aliphatic heterocycles. The molecular weight excluding hydrogens is 216 g/mol. The molecule has 0 fully saturated rings. The fourth-order valence-electron chi connectivity index (χ4n) is 2.79. The Kier molecular flexibility index (Phi) is 2.28. The van der Waals surface area contributed by atoms with E-state index in [1.54, 1.807) is 0 Å². The van der Waals surface area contributed by atoms with Crippen molar-refractivity contribution >= 4 is 17.3 Å². The molecule has 3 heteroatoms. The van der Waals surface area contributed by atoms with Gasteiger partial charge in [-0.15, -0.1) is 0 Å². The lowest BCUT2D eigenvalue weighted by atomic mass is 9.90. The van der Waals surface area contributed by atoms with Gasteiger partial charge < -0.3 is 10.6 Å². The lowest BCUT2D eigenvalue weighted by Gasteiger charge is -2.47. The van der Waals surface area contributed by atoms with Crippen LogP contribution in [0.25, 0.3) is 0 Å². The average Bonchev–Trinajstić information content (AvgIpc) is 2.26. The molecule has 3 rings (SSSR count). The van der Waals surface area contributed by atoms with Crippen molar-refractivity contribution in [2.75, 3.05) is 0 Å². The highest BCUT2D eigenvalue weighted by molar-refractivity contribution is 7.80. The second kappa shape index (κ2) is 3.20. The van der Waals surface area contributed by atoms with E-state index >= 15 is 0 Å². The number of nitrogens with zero attached hydrogens (tertiary/aromatic N) is 1. The first kappa shape index (κ1) is 11.4. The molecule has 0 spiro atoms. The van der Waals surface area contributed by atoms with Gasteiger partial charge in [0, 0.05) is 0 Å². The third-order valence-corrected chi connectivity index (χ3v) is 3.82. The molecule has 0 amide bonds. The highest BCUT2D eigenvalue weighted by atomic mass is 32.1. The molecule has 0 atom stereocenters. The lowest BCUT2D eigenvalue weighted by molar-refractivity contribution is 0.0996. The molecule has 0 saturated heterocycles. The minimum atomic E-state index is -0.166. The van der Waals surface area contributed by atoms with Crippen molar-refractivity contribution in [3.8, 4) is 0 Å². The molecule has 16 heavy (non-hydrogen) atoms. The van der Waals surface area contributed by atoms with E-state index in [-0.39, 0.29) is 11.1 Å². The van der Waals surface area contributed by atoms with Crippen molar-refractivity contribution in [3.05, 3.63) is 35.4 Å². The van der Waals surface area contributed by atoms with Crippen molar-refractivity contribution in [1.82, 2.24) is 4.90 Å². The molecule has 2 bridgehead atoms. The molecule has 0 unspecified atom stereocenters. The van der Waals surface area contributed by atoms with Crippen LogP contribution in [0.15, 0.2) is 24.3 Å². The van der Waals surface area contributed by atoms with Crippen molar-refractivity contribution in [3.63, 3.8) is 0 Å². The summed E-state index contributed by atoms with van der Waals surface area (Å²) in [4.78, 5) is 2.12. The number of nitrogens with two attached hydrogens (primary N) is 1. The molecule has 2 heterocycles. The van der Waals surface area contributed by atoms with Crippen molar-refractivity contribution < 1.29 is 0 Å². The number of hydrogen-bond donors (Lipinski definition) is 1. The molecule has 1 aromatic rings. The van der Waals surface area contributed by atoms with Crippen LogP contribution in [0.4, 0.5) is 0 Å². The number of fused-ring (bicyclic) bond motifs is 4. The van der Waals surface area contributed by atoms with E-state index in [1.165, 1.54) is 11.1 Å². The van der Waals surface area contributed by atoms with E-state index in [0.717, 1.165) is 0 Å². The highest BCUT2D eigenvalue weighted by Gasteiger charge is 2.43. The quantitative estimate of drug-likeness (QED) is 0.700. The molecule has 2 aliphatic rings. The fourth-order valence-corrected chi connectivity index (χ4v) is 3.25. The molecule has 0 aliphatic carbocycles. The van der Waals surface area contributed by atoms with Crippen molar-refractivity contribution in [1.29, 1.82) is 0 Å². The number of rotatable bonds is 0. The van der Waals surface area contributed by atoms with E-state index in [9.17, 15) is 0 Å². The molecule has 2 N–H and O–H groups in total. The third kappa shape index (κ3) is 1.34. The first-order valence-electron chi connectivity index (χ1n) is 5.48. The van der Waals surface area contributed by atoms with Gasteiger partial charge in [0.2, 0.25) is 0 Å². The Morgan fingerprint density at radius 2 is 1.31 bits per heavy atom. The van der Waals surface area contributed by atoms with Crippen LogP contribution < -0.4 is 5.73 Å². The molecule has 86 valence electrons. The Labute approximate surface area is 102 Å². The minimum Gasteiger partial charge on any atom is -0.376 e. The Morgan fingerprint density at radius 3 is 1.56 bits per heavy atom. The van der Waals surface area contributed by atoms with Crippen LogP contribution in [-0.2, 0) is 11.1 Å². The van der Waals surface area contributed by atoms with Gasteiger partial charge in [0.1, 0.15) is 0 Å². The smallest absolute Gasteiger partial charge is 0.167 e. The Morgan fingerprint density at radius 1 is 1.00 bits per heavy atom. The summed E-state index contributed by atoms with van der Waals surface area (Å²) in [7, 11) is 0. The first-order chi connectivity index (χ1) is 7.28. The van der Waals surface area contributed by atoms with Crippen LogP contribution in [0.1, 0.15) is 38.8 Å². The topological polar surface area (TPSA) is 29.3 Å². The van der Waals surface area contributed by atoms with Gasteiger partial charge in [0.25, 0.3) is 0 Å². The van der Waals surface area contributed by atoms with Gasteiger partial charge in [-0.25, -0.2) is 0 Å². The zero-order valence-corrected chi connectivity index (χ0v) is 11.1. The van der Waals surface area contributed by atoms with Crippen molar-refractivity contribution in [2.45, 2.75) is 38.8 Å². The summed E-state index contributed by atoms with van der Waals surface area (Å²) < 4.78 is 0. The number of thiocarbonyl (C=S) groups is 1. The maximum Gasteiger partial charge on any atom is 0.167 e. The third-order valence-electron chi connectivity index (χ3n) is 3.64. The minimum absolute atomic E-state index is 0.166. The standard InChI is InChI=1S/C13H18N2S/c1-12(2)9-5-7-10(8-6-9)13(3,4)15(12)11(14)16/h5-8H,1-4H3,(H2,14,16). The molecule has 0 saturated carbocycles. The second-order valence-electron chi connectivity index (χ2n) is 5.37. The van der Waals surface area contributed by atoms with Crippen molar-refractivity contribution in [2.24, 2.45) is 5.73 Å². The maximum absolute atomic E-state index is 5.92. The van der Waals surface area contributed by atoms with Crippen LogP contribution in [0.3, 0.4) is 0 Å².